The van der Waals surface area contributed by atoms with E-state index in [9.17, 15) is 14.4 Å². The summed E-state index contributed by atoms with van der Waals surface area (Å²) in [4.78, 5) is 35.2. The van der Waals surface area contributed by atoms with Crippen LogP contribution in [0.2, 0.25) is 0 Å². The normalized spacial score (nSPS) is 18.0. The first kappa shape index (κ1) is 9.15. The van der Waals surface area contributed by atoms with Crippen molar-refractivity contribution < 1.29 is 14.4 Å². The average molecular weight is 182 g/mol. The molecule has 0 aliphatic carbocycles. The number of nitrogens with zero attached hydrogens (tertiary/aromatic N) is 3. The predicted octanol–water partition coefficient (Wildman–Crippen LogP) is -1.75. The molecule has 68 valence electrons. The topological polar surface area (TPSA) is 71.8 Å². The predicted molar refractivity (Wildman–Crippen MR) is 45.2 cm³/mol. The third-order valence-electron chi connectivity index (χ3n) is 1.75. The Bertz CT molecular complexity index is 328. The fourth-order valence-electron chi connectivity index (χ4n) is 0.943. The Labute approximate surface area is 74.2 Å². The number of hydrogen-bond donors (Lipinski definition) is 0. The molecule has 0 aromatic carbocycles. The lowest BCUT2D eigenvalue weighted by atomic mass is 10.2. The molecule has 1 saturated heterocycles. The van der Waals surface area contributed by atoms with E-state index in [0.717, 1.165) is 9.80 Å². The maximum atomic E-state index is 11.2. The number of rotatable bonds is 0. The van der Waals surface area contributed by atoms with Crippen molar-refractivity contribution in [1.82, 2.24) is 14.5 Å². The van der Waals surface area contributed by atoms with Gasteiger partial charge in [0.05, 0.1) is 0 Å². The second-order valence-corrected chi connectivity index (χ2v) is 2.52. The van der Waals surface area contributed by atoms with E-state index in [-0.39, 0.29) is 5.71 Å². The van der Waals surface area contributed by atoms with Gasteiger partial charge in [0.1, 0.15) is 0 Å². The van der Waals surface area contributed by atoms with Crippen LogP contribution in [0, 0.1) is 0 Å². The molecule has 13 heavy (non-hydrogen) atoms. The van der Waals surface area contributed by atoms with E-state index in [1.54, 1.807) is 0 Å². The maximum absolute atomic E-state index is 11.2. The van der Waals surface area contributed by atoms with Gasteiger partial charge in [-0.3, -0.25) is 19.4 Å². The van der Waals surface area contributed by atoms with E-state index in [2.05, 4.69) is 11.4 Å². The first-order valence-corrected chi connectivity index (χ1v) is 3.44. The van der Waals surface area contributed by atoms with Crippen molar-refractivity contribution in [2.24, 2.45) is 0 Å². The molecule has 0 aromatic heterocycles. The highest BCUT2D eigenvalue weighted by Crippen LogP contribution is 2.04. The van der Waals surface area contributed by atoms with Crippen LogP contribution < -0.4 is 4.67 Å². The molecule has 6 nitrogen and oxygen atoms in total. The van der Waals surface area contributed by atoms with Crippen LogP contribution in [-0.4, -0.2) is 54.2 Å². The van der Waals surface area contributed by atoms with E-state index < -0.39 is 17.8 Å². The Morgan fingerprint density at radius 3 is 1.77 bits per heavy atom. The van der Waals surface area contributed by atoms with Crippen molar-refractivity contribution in [2.45, 2.75) is 0 Å². The summed E-state index contributed by atoms with van der Waals surface area (Å²) in [6.45, 7) is 3.09. The number of carbonyl (C=O) groups excluding carboxylic acids is 3. The van der Waals surface area contributed by atoms with Gasteiger partial charge < -0.3 is 0 Å². The van der Waals surface area contributed by atoms with Crippen LogP contribution in [0.4, 0.5) is 4.79 Å². The third kappa shape index (κ3) is 1.13. The molecular formula is C7H8N3O3+. The quantitative estimate of drug-likeness (QED) is 0.329. The first-order chi connectivity index (χ1) is 6.00. The third-order valence-corrected chi connectivity index (χ3v) is 1.75. The molecule has 0 bridgehead atoms. The molecule has 1 heterocycles. The summed E-state index contributed by atoms with van der Waals surface area (Å²) in [5, 5.41) is 0. The largest absolute Gasteiger partial charge is 0.455 e. The molecule has 0 radical (unpaired) electrons. The number of urea groups is 1. The number of amides is 4. The van der Waals surface area contributed by atoms with Crippen molar-refractivity contribution in [3.05, 3.63) is 0 Å². The number of carbonyl (C=O) groups is 3. The van der Waals surface area contributed by atoms with Crippen LogP contribution in [0.25, 0.3) is 0 Å². The molecular weight excluding hydrogens is 174 g/mol. The Hall–Kier alpha value is -1.94. The fraction of sp³-hybridized carbons (Fsp3) is 0.286. The molecule has 0 atom stereocenters. The van der Waals surface area contributed by atoms with E-state index in [4.69, 9.17) is 0 Å². The van der Waals surface area contributed by atoms with E-state index >= 15 is 0 Å². The zero-order chi connectivity index (χ0) is 10.2. The first-order valence-electron chi connectivity index (χ1n) is 3.44. The lowest BCUT2D eigenvalue weighted by molar-refractivity contribution is -0.129. The van der Waals surface area contributed by atoms with Crippen molar-refractivity contribution >= 4 is 30.3 Å². The summed E-state index contributed by atoms with van der Waals surface area (Å²) < 4.78 is 3.28. The van der Waals surface area contributed by atoms with Gasteiger partial charge in [-0.2, -0.15) is 0 Å². The highest BCUT2D eigenvalue weighted by molar-refractivity contribution is 6.68. The van der Waals surface area contributed by atoms with Gasteiger partial charge >= 0.3 is 23.6 Å². The maximum Gasteiger partial charge on any atom is 0.455 e. The second-order valence-electron chi connectivity index (χ2n) is 2.52. The van der Waals surface area contributed by atoms with Gasteiger partial charge in [0.25, 0.3) is 6.72 Å². The minimum atomic E-state index is -0.719. The summed E-state index contributed by atoms with van der Waals surface area (Å²) in [6, 6.07) is -0.664. The summed E-state index contributed by atoms with van der Waals surface area (Å²) in [6.07, 6.45) is 0. The van der Waals surface area contributed by atoms with Crippen LogP contribution in [0.15, 0.2) is 0 Å². The van der Waals surface area contributed by atoms with Crippen molar-refractivity contribution in [1.29, 1.82) is 0 Å². The molecule has 0 unspecified atom stereocenters. The molecule has 0 saturated carbocycles. The minimum Gasteiger partial charge on any atom is -0.260 e. The van der Waals surface area contributed by atoms with E-state index in [0.29, 0.717) is 0 Å². The molecule has 0 spiro atoms. The van der Waals surface area contributed by atoms with Gasteiger partial charge in [0.2, 0.25) is 0 Å². The summed E-state index contributed by atoms with van der Waals surface area (Å²) in [7, 11) is 2.55. The molecule has 0 N–H and O–H groups in total. The van der Waals surface area contributed by atoms with Crippen LogP contribution in [-0.2, 0) is 9.59 Å². The van der Waals surface area contributed by atoms with Crippen molar-refractivity contribution in [2.75, 3.05) is 14.1 Å². The lowest BCUT2D eigenvalue weighted by Gasteiger charge is -2.23. The number of imide groups is 2. The summed E-state index contributed by atoms with van der Waals surface area (Å²) in [5.74, 6) is -1.44. The number of hydrogen-bond acceptors (Lipinski definition) is 3. The van der Waals surface area contributed by atoms with Crippen LogP contribution in [0.1, 0.15) is 0 Å². The Morgan fingerprint density at radius 2 is 1.46 bits per heavy atom. The zero-order valence-electron chi connectivity index (χ0n) is 7.27. The summed E-state index contributed by atoms with van der Waals surface area (Å²) in [5.41, 5.74) is -0.329. The smallest absolute Gasteiger partial charge is 0.260 e. The van der Waals surface area contributed by atoms with Gasteiger partial charge in [0.15, 0.2) is 0 Å². The van der Waals surface area contributed by atoms with Crippen molar-refractivity contribution in [3.8, 4) is 0 Å². The lowest BCUT2D eigenvalue weighted by Crippen LogP contribution is -2.58. The van der Waals surface area contributed by atoms with Gasteiger partial charge in [-0.25, -0.2) is 4.79 Å². The van der Waals surface area contributed by atoms with Gasteiger partial charge in [-0.15, -0.1) is 0 Å². The van der Waals surface area contributed by atoms with E-state index in [1.807, 2.05) is 0 Å². The monoisotopic (exact) mass is 182 g/mol. The Morgan fingerprint density at radius 1 is 1.08 bits per heavy atom. The SMILES string of the molecule is C=[N+]=C1C(=O)N(C)C(=O)N(C)C1=O. The molecule has 4 amide bonds. The Balaban J connectivity index is 3.22. The molecule has 1 aliphatic rings. The van der Waals surface area contributed by atoms with Crippen LogP contribution in [0.3, 0.4) is 0 Å². The van der Waals surface area contributed by atoms with Crippen LogP contribution >= 0.6 is 0 Å². The summed E-state index contributed by atoms with van der Waals surface area (Å²) >= 11 is 0. The molecule has 1 aliphatic heterocycles. The van der Waals surface area contributed by atoms with Crippen LogP contribution in [0.5, 0.6) is 0 Å². The minimum absolute atomic E-state index is 0.329. The molecule has 0 aromatic rings. The molecule has 6 heteroatoms. The van der Waals surface area contributed by atoms with E-state index in [1.165, 1.54) is 14.1 Å². The highest BCUT2D eigenvalue weighted by atomic mass is 16.2. The van der Waals surface area contributed by atoms with Gasteiger partial charge in [-0.1, -0.05) is 4.67 Å². The highest BCUT2D eigenvalue weighted by Gasteiger charge is 2.46. The van der Waals surface area contributed by atoms with Crippen molar-refractivity contribution in [3.63, 3.8) is 0 Å². The molecule has 1 fully saturated rings. The standard InChI is InChI=1S/C7H8N3O3/c1-8-4-5(11)9(2)7(13)10(3)6(4)12/h1H2,2-3H3/q+1. The fourth-order valence-corrected chi connectivity index (χ4v) is 0.943. The van der Waals surface area contributed by atoms with Gasteiger partial charge in [0, 0.05) is 14.1 Å². The average Bonchev–Trinajstić information content (AvgIpc) is 2.13. The number of barbiturate groups is 1. The van der Waals surface area contributed by atoms with Gasteiger partial charge in [-0.05, 0) is 0 Å². The Kier molecular flexibility index (Phi) is 2.00. The zero-order valence-corrected chi connectivity index (χ0v) is 7.27. The molecule has 1 rings (SSSR count). The second kappa shape index (κ2) is 2.84.